The number of nitrogens with zero attached hydrogens (tertiary/aromatic N) is 3. The van der Waals surface area contributed by atoms with Gasteiger partial charge in [-0.15, -0.1) is 0 Å². The van der Waals surface area contributed by atoms with Crippen molar-refractivity contribution < 1.29 is 0 Å². The lowest BCUT2D eigenvalue weighted by Gasteiger charge is -2.08. The highest BCUT2D eigenvalue weighted by Gasteiger charge is 2.10. The maximum absolute atomic E-state index is 6.21. The first kappa shape index (κ1) is 13.9. The van der Waals surface area contributed by atoms with E-state index in [-0.39, 0.29) is 5.95 Å². The topological polar surface area (TPSA) is 76.7 Å². The number of anilines is 2. The lowest BCUT2D eigenvalue weighted by molar-refractivity contribution is 1.19. The van der Waals surface area contributed by atoms with Crippen molar-refractivity contribution in [3.63, 3.8) is 0 Å². The smallest absolute Gasteiger partial charge is 0.224 e. The standard InChI is InChI=1S/C14H11Cl2N5/c1-18-12-9-4-5-11(19-13(9)21-14(17)20-12)8-3-2-7(15)6-10(8)16/h2-6H,1H3,(H3,17,18,19,20,21). The zero-order valence-electron chi connectivity index (χ0n) is 11.1. The number of benzene rings is 1. The zero-order chi connectivity index (χ0) is 15.0. The second-order valence-electron chi connectivity index (χ2n) is 4.37. The van der Waals surface area contributed by atoms with Crippen molar-refractivity contribution in [3.05, 3.63) is 40.4 Å². The molecular weight excluding hydrogens is 309 g/mol. The third kappa shape index (κ3) is 2.57. The average molecular weight is 320 g/mol. The van der Waals surface area contributed by atoms with Crippen LogP contribution in [0.5, 0.6) is 0 Å². The summed E-state index contributed by atoms with van der Waals surface area (Å²) in [6, 6.07) is 9.01. The number of nitrogen functional groups attached to an aromatic ring is 1. The molecule has 21 heavy (non-hydrogen) atoms. The molecule has 3 N–H and O–H groups in total. The quantitative estimate of drug-likeness (QED) is 0.754. The van der Waals surface area contributed by atoms with Crippen molar-refractivity contribution in [2.24, 2.45) is 0 Å². The summed E-state index contributed by atoms with van der Waals surface area (Å²) in [7, 11) is 1.77. The molecule has 3 aromatic rings. The van der Waals surface area contributed by atoms with Gasteiger partial charge in [-0.3, -0.25) is 0 Å². The van der Waals surface area contributed by atoms with Gasteiger partial charge in [0.15, 0.2) is 5.65 Å². The molecule has 0 saturated heterocycles. The van der Waals surface area contributed by atoms with Crippen molar-refractivity contribution in [1.82, 2.24) is 15.0 Å². The summed E-state index contributed by atoms with van der Waals surface area (Å²) in [5, 5.41) is 4.88. The van der Waals surface area contributed by atoms with Crippen LogP contribution in [-0.2, 0) is 0 Å². The molecule has 0 saturated carbocycles. The van der Waals surface area contributed by atoms with Gasteiger partial charge >= 0.3 is 0 Å². The van der Waals surface area contributed by atoms with Crippen LogP contribution in [0.25, 0.3) is 22.3 Å². The Hall–Kier alpha value is -2.11. The highest BCUT2D eigenvalue weighted by molar-refractivity contribution is 6.36. The maximum Gasteiger partial charge on any atom is 0.224 e. The average Bonchev–Trinajstić information content (AvgIpc) is 2.45. The molecule has 0 bridgehead atoms. The molecule has 0 aliphatic carbocycles. The Kier molecular flexibility index (Phi) is 3.53. The van der Waals surface area contributed by atoms with E-state index in [1.807, 2.05) is 18.2 Å². The van der Waals surface area contributed by atoms with Gasteiger partial charge in [-0.2, -0.15) is 9.97 Å². The normalized spacial score (nSPS) is 10.8. The van der Waals surface area contributed by atoms with Crippen molar-refractivity contribution in [2.45, 2.75) is 0 Å². The number of aromatic nitrogens is 3. The van der Waals surface area contributed by atoms with Crippen molar-refractivity contribution in [2.75, 3.05) is 18.1 Å². The summed E-state index contributed by atoms with van der Waals surface area (Å²) in [4.78, 5) is 12.8. The van der Waals surface area contributed by atoms with Gasteiger partial charge in [0.25, 0.3) is 0 Å². The number of hydrogen-bond donors (Lipinski definition) is 2. The van der Waals surface area contributed by atoms with Crippen LogP contribution in [0, 0.1) is 0 Å². The van der Waals surface area contributed by atoms with Crippen molar-refractivity contribution >= 4 is 46.0 Å². The highest BCUT2D eigenvalue weighted by Crippen LogP contribution is 2.31. The van der Waals surface area contributed by atoms with Crippen LogP contribution < -0.4 is 11.1 Å². The minimum atomic E-state index is 0.165. The van der Waals surface area contributed by atoms with E-state index in [4.69, 9.17) is 28.9 Å². The Bertz CT molecular complexity index is 835. The molecule has 0 amide bonds. The van der Waals surface area contributed by atoms with Gasteiger partial charge < -0.3 is 11.1 Å². The summed E-state index contributed by atoms with van der Waals surface area (Å²) in [6.45, 7) is 0. The molecule has 5 nitrogen and oxygen atoms in total. The van der Waals surface area contributed by atoms with E-state index in [0.717, 1.165) is 10.9 Å². The van der Waals surface area contributed by atoms with Crippen LogP contribution in [0.15, 0.2) is 30.3 Å². The fourth-order valence-corrected chi connectivity index (χ4v) is 2.57. The number of hydrogen-bond acceptors (Lipinski definition) is 5. The number of nitrogens with one attached hydrogen (secondary N) is 1. The van der Waals surface area contributed by atoms with Crippen LogP contribution in [0.1, 0.15) is 0 Å². The van der Waals surface area contributed by atoms with Crippen LogP contribution in [0.3, 0.4) is 0 Å². The van der Waals surface area contributed by atoms with E-state index >= 15 is 0 Å². The van der Waals surface area contributed by atoms with Gasteiger partial charge in [-0.1, -0.05) is 23.2 Å². The molecule has 0 fully saturated rings. The van der Waals surface area contributed by atoms with Gasteiger partial charge in [-0.05, 0) is 30.3 Å². The van der Waals surface area contributed by atoms with Gasteiger partial charge in [0.05, 0.1) is 16.1 Å². The molecule has 2 heterocycles. The van der Waals surface area contributed by atoms with Crippen LogP contribution in [-0.4, -0.2) is 22.0 Å². The second-order valence-corrected chi connectivity index (χ2v) is 5.22. The Labute approximate surface area is 131 Å². The third-order valence-electron chi connectivity index (χ3n) is 3.02. The molecule has 0 aliphatic heterocycles. The second kappa shape index (κ2) is 5.35. The summed E-state index contributed by atoms with van der Waals surface area (Å²) in [5.74, 6) is 0.803. The summed E-state index contributed by atoms with van der Waals surface area (Å²) >= 11 is 12.1. The molecule has 0 radical (unpaired) electrons. The first-order chi connectivity index (χ1) is 10.1. The minimum Gasteiger partial charge on any atom is -0.372 e. The fourth-order valence-electron chi connectivity index (χ4n) is 2.06. The first-order valence-electron chi connectivity index (χ1n) is 6.16. The van der Waals surface area contributed by atoms with Gasteiger partial charge in [0.1, 0.15) is 5.82 Å². The molecular formula is C14H11Cl2N5. The van der Waals surface area contributed by atoms with Crippen LogP contribution >= 0.6 is 23.2 Å². The number of fused-ring (bicyclic) bond motifs is 1. The molecule has 1 aromatic carbocycles. The SMILES string of the molecule is CNc1nc(N)nc2nc(-c3ccc(Cl)cc3Cl)ccc12. The maximum atomic E-state index is 6.21. The molecule has 3 rings (SSSR count). The number of nitrogens with two attached hydrogens (primary N) is 1. The monoisotopic (exact) mass is 319 g/mol. The van der Waals surface area contributed by atoms with Gasteiger partial charge in [0, 0.05) is 17.6 Å². The van der Waals surface area contributed by atoms with Crippen LogP contribution in [0.2, 0.25) is 10.0 Å². The van der Waals surface area contributed by atoms with E-state index in [1.165, 1.54) is 0 Å². The number of pyridine rings is 1. The largest absolute Gasteiger partial charge is 0.372 e. The Morgan fingerprint density at radius 2 is 1.86 bits per heavy atom. The van der Waals surface area contributed by atoms with E-state index < -0.39 is 0 Å². The molecule has 7 heteroatoms. The summed E-state index contributed by atoms with van der Waals surface area (Å²) in [6.07, 6.45) is 0. The zero-order valence-corrected chi connectivity index (χ0v) is 12.6. The predicted molar refractivity (Wildman–Crippen MR) is 86.7 cm³/mol. The van der Waals surface area contributed by atoms with E-state index in [0.29, 0.717) is 27.2 Å². The summed E-state index contributed by atoms with van der Waals surface area (Å²) in [5.41, 5.74) is 7.68. The van der Waals surface area contributed by atoms with E-state index in [1.54, 1.807) is 19.2 Å². The van der Waals surface area contributed by atoms with E-state index in [2.05, 4.69) is 20.3 Å². The summed E-state index contributed by atoms with van der Waals surface area (Å²) < 4.78 is 0. The molecule has 0 unspecified atom stereocenters. The Balaban J connectivity index is 2.21. The number of halogens is 2. The van der Waals surface area contributed by atoms with Crippen molar-refractivity contribution in [1.29, 1.82) is 0 Å². The minimum absolute atomic E-state index is 0.165. The van der Waals surface area contributed by atoms with Crippen molar-refractivity contribution in [3.8, 4) is 11.3 Å². The number of rotatable bonds is 2. The first-order valence-corrected chi connectivity index (χ1v) is 6.91. The predicted octanol–water partition coefficient (Wildman–Crippen LogP) is 3.62. The third-order valence-corrected chi connectivity index (χ3v) is 3.57. The molecule has 0 atom stereocenters. The molecule has 2 aromatic heterocycles. The lowest BCUT2D eigenvalue weighted by atomic mass is 10.1. The van der Waals surface area contributed by atoms with Crippen LogP contribution in [0.4, 0.5) is 11.8 Å². The fraction of sp³-hybridized carbons (Fsp3) is 0.0714. The Morgan fingerprint density at radius 3 is 2.57 bits per heavy atom. The lowest BCUT2D eigenvalue weighted by Crippen LogP contribution is -2.02. The van der Waals surface area contributed by atoms with E-state index in [9.17, 15) is 0 Å². The molecule has 0 spiro atoms. The Morgan fingerprint density at radius 1 is 1.05 bits per heavy atom. The highest BCUT2D eigenvalue weighted by atomic mass is 35.5. The van der Waals surface area contributed by atoms with Gasteiger partial charge in [-0.25, -0.2) is 4.98 Å². The van der Waals surface area contributed by atoms with Gasteiger partial charge in [0.2, 0.25) is 5.95 Å². The molecule has 106 valence electrons. The molecule has 0 aliphatic rings.